The molecule has 1 saturated heterocycles. The summed E-state index contributed by atoms with van der Waals surface area (Å²) in [5, 5.41) is 7.87. The summed E-state index contributed by atoms with van der Waals surface area (Å²) in [6.07, 6.45) is 5.15. The zero-order valence-electron chi connectivity index (χ0n) is 20.7. The largest absolute Gasteiger partial charge is 0.369 e. The van der Waals surface area contributed by atoms with Crippen molar-refractivity contribution in [1.29, 1.82) is 0 Å². The smallest absolute Gasteiger partial charge is 0.255 e. The number of hydrogen-bond donors (Lipinski definition) is 2. The number of nitrogens with zero attached hydrogens (tertiary/aromatic N) is 3. The van der Waals surface area contributed by atoms with Gasteiger partial charge in [0.05, 0.1) is 28.5 Å². The topological polar surface area (TPSA) is 70.2 Å². The normalized spacial score (nSPS) is 19.6. The SMILES string of the molecule is Cc1cccc([C@H](C)NC(=O)c2cnc3c(C4CC4)nc(C)cc3c2N2CCN[C@@H](C)CC2)c1. The van der Waals surface area contributed by atoms with Crippen LogP contribution in [-0.4, -0.2) is 41.6 Å². The number of aromatic nitrogens is 2. The minimum atomic E-state index is -0.0945. The molecule has 3 aromatic rings. The molecule has 2 N–H and O–H groups in total. The molecule has 5 rings (SSSR count). The summed E-state index contributed by atoms with van der Waals surface area (Å²) in [5.41, 5.74) is 6.98. The van der Waals surface area contributed by atoms with E-state index in [-0.39, 0.29) is 11.9 Å². The predicted molar refractivity (Wildman–Crippen MR) is 138 cm³/mol. The fraction of sp³-hybridized carbons (Fsp3) is 0.464. The first-order valence-electron chi connectivity index (χ1n) is 12.6. The molecule has 2 aromatic heterocycles. The molecule has 1 saturated carbocycles. The molecule has 2 fully saturated rings. The summed E-state index contributed by atoms with van der Waals surface area (Å²) in [7, 11) is 0. The Bertz CT molecular complexity index is 1220. The second-order valence-corrected chi connectivity index (χ2v) is 10.1. The van der Waals surface area contributed by atoms with Gasteiger partial charge in [0.2, 0.25) is 0 Å². The van der Waals surface area contributed by atoms with Gasteiger partial charge in [0.15, 0.2) is 0 Å². The van der Waals surface area contributed by atoms with Gasteiger partial charge in [0, 0.05) is 48.9 Å². The molecule has 6 nitrogen and oxygen atoms in total. The zero-order chi connectivity index (χ0) is 23.8. The number of nitrogens with one attached hydrogen (secondary N) is 2. The number of anilines is 1. The van der Waals surface area contributed by atoms with Gasteiger partial charge in [-0.3, -0.25) is 14.8 Å². The minimum absolute atomic E-state index is 0.0777. The highest BCUT2D eigenvalue weighted by Gasteiger charge is 2.30. The molecule has 2 atom stereocenters. The van der Waals surface area contributed by atoms with Crippen LogP contribution in [0.2, 0.25) is 0 Å². The van der Waals surface area contributed by atoms with Gasteiger partial charge in [-0.1, -0.05) is 29.8 Å². The van der Waals surface area contributed by atoms with E-state index < -0.39 is 0 Å². The molecule has 1 aliphatic heterocycles. The van der Waals surface area contributed by atoms with Crippen LogP contribution in [0.15, 0.2) is 36.5 Å². The van der Waals surface area contributed by atoms with Crippen molar-refractivity contribution in [2.75, 3.05) is 24.5 Å². The minimum Gasteiger partial charge on any atom is -0.369 e. The molecular formula is C28H35N5O. The number of fused-ring (bicyclic) bond motifs is 1. The van der Waals surface area contributed by atoms with E-state index in [1.807, 2.05) is 19.9 Å². The lowest BCUT2D eigenvalue weighted by Crippen LogP contribution is -2.33. The third-order valence-corrected chi connectivity index (χ3v) is 7.10. The van der Waals surface area contributed by atoms with Gasteiger partial charge in [-0.25, -0.2) is 0 Å². The van der Waals surface area contributed by atoms with Crippen molar-refractivity contribution in [2.24, 2.45) is 0 Å². The van der Waals surface area contributed by atoms with Crippen molar-refractivity contribution >= 4 is 22.5 Å². The summed E-state index contributed by atoms with van der Waals surface area (Å²) < 4.78 is 0. The molecule has 0 spiro atoms. The van der Waals surface area contributed by atoms with Gasteiger partial charge >= 0.3 is 0 Å². The van der Waals surface area contributed by atoms with E-state index in [0.29, 0.717) is 17.5 Å². The molecule has 1 aliphatic carbocycles. The third-order valence-electron chi connectivity index (χ3n) is 7.10. The van der Waals surface area contributed by atoms with Crippen LogP contribution >= 0.6 is 0 Å². The number of carbonyl (C=O) groups is 1. The van der Waals surface area contributed by atoms with Crippen molar-refractivity contribution in [3.05, 3.63) is 64.6 Å². The fourth-order valence-electron chi connectivity index (χ4n) is 5.02. The highest BCUT2D eigenvalue weighted by atomic mass is 16.1. The maximum Gasteiger partial charge on any atom is 0.255 e. The van der Waals surface area contributed by atoms with Crippen molar-refractivity contribution in [1.82, 2.24) is 20.6 Å². The molecule has 34 heavy (non-hydrogen) atoms. The van der Waals surface area contributed by atoms with Crippen LogP contribution in [0.4, 0.5) is 5.69 Å². The van der Waals surface area contributed by atoms with Gasteiger partial charge in [0.1, 0.15) is 0 Å². The molecule has 178 valence electrons. The van der Waals surface area contributed by atoms with Crippen molar-refractivity contribution < 1.29 is 4.79 Å². The number of benzene rings is 1. The lowest BCUT2D eigenvalue weighted by atomic mass is 10.0. The first-order chi connectivity index (χ1) is 16.4. The summed E-state index contributed by atoms with van der Waals surface area (Å²) in [6, 6.07) is 10.8. The van der Waals surface area contributed by atoms with E-state index in [1.165, 1.54) is 18.4 Å². The second kappa shape index (κ2) is 9.34. The van der Waals surface area contributed by atoms with Crippen molar-refractivity contribution in [2.45, 2.75) is 65.0 Å². The number of pyridine rings is 2. The standard InChI is InChI=1S/C28H35N5O/c1-17-6-5-7-22(14-17)20(4)32-28(34)24-16-30-26-23(15-19(3)31-25(26)21-8-9-21)27(24)33-12-10-18(2)29-11-13-33/h5-7,14-16,18,20-21,29H,8-13H2,1-4H3,(H,32,34)/t18-,20-/m0/s1. The molecule has 1 amide bonds. The first kappa shape index (κ1) is 22.8. The monoisotopic (exact) mass is 457 g/mol. The van der Waals surface area contributed by atoms with Crippen LogP contribution in [0.5, 0.6) is 0 Å². The first-order valence-corrected chi connectivity index (χ1v) is 12.6. The summed E-state index contributed by atoms with van der Waals surface area (Å²) in [5.74, 6) is 0.417. The molecular weight excluding hydrogens is 422 g/mol. The molecule has 6 heteroatoms. The Balaban J connectivity index is 1.58. The van der Waals surface area contributed by atoms with E-state index in [4.69, 9.17) is 9.97 Å². The number of carbonyl (C=O) groups excluding carboxylic acids is 1. The summed E-state index contributed by atoms with van der Waals surface area (Å²) in [6.45, 7) is 11.0. The quantitative estimate of drug-likeness (QED) is 0.576. The van der Waals surface area contributed by atoms with Gasteiger partial charge in [0.25, 0.3) is 5.91 Å². The number of aryl methyl sites for hydroxylation is 2. The highest BCUT2D eigenvalue weighted by Crippen LogP contribution is 2.43. The molecule has 3 heterocycles. The van der Waals surface area contributed by atoms with Crippen LogP contribution in [0, 0.1) is 13.8 Å². The van der Waals surface area contributed by atoms with Gasteiger partial charge in [-0.2, -0.15) is 0 Å². The Hall–Kier alpha value is -2.99. The van der Waals surface area contributed by atoms with E-state index in [2.05, 4.69) is 53.6 Å². The molecule has 0 bridgehead atoms. The maximum atomic E-state index is 13.7. The molecule has 1 aromatic carbocycles. The van der Waals surface area contributed by atoms with Crippen LogP contribution in [0.3, 0.4) is 0 Å². The Morgan fingerprint density at radius 1 is 1.18 bits per heavy atom. The van der Waals surface area contributed by atoms with Crippen molar-refractivity contribution in [3.8, 4) is 0 Å². The van der Waals surface area contributed by atoms with Gasteiger partial charge in [-0.05, 0) is 58.6 Å². The third kappa shape index (κ3) is 4.64. The fourth-order valence-corrected chi connectivity index (χ4v) is 5.02. The molecule has 2 aliphatic rings. The predicted octanol–water partition coefficient (Wildman–Crippen LogP) is 4.80. The summed E-state index contributed by atoms with van der Waals surface area (Å²) in [4.78, 5) is 25.7. The lowest BCUT2D eigenvalue weighted by Gasteiger charge is -2.27. The number of hydrogen-bond acceptors (Lipinski definition) is 5. The number of amides is 1. The molecule has 0 unspecified atom stereocenters. The van der Waals surface area contributed by atoms with E-state index >= 15 is 0 Å². The van der Waals surface area contributed by atoms with Crippen molar-refractivity contribution in [3.63, 3.8) is 0 Å². The summed E-state index contributed by atoms with van der Waals surface area (Å²) >= 11 is 0. The van der Waals surface area contributed by atoms with E-state index in [1.54, 1.807) is 6.20 Å². The number of rotatable bonds is 5. The Morgan fingerprint density at radius 2 is 2.00 bits per heavy atom. The second-order valence-electron chi connectivity index (χ2n) is 10.1. The van der Waals surface area contributed by atoms with E-state index in [0.717, 1.165) is 59.6 Å². The van der Waals surface area contributed by atoms with Crippen LogP contribution in [0.1, 0.15) is 77.9 Å². The van der Waals surface area contributed by atoms with Crippen LogP contribution in [-0.2, 0) is 0 Å². The van der Waals surface area contributed by atoms with Gasteiger partial charge in [-0.15, -0.1) is 0 Å². The van der Waals surface area contributed by atoms with Crippen LogP contribution in [0.25, 0.3) is 10.9 Å². The maximum absolute atomic E-state index is 13.7. The average molecular weight is 458 g/mol. The Labute approximate surface area is 202 Å². The van der Waals surface area contributed by atoms with E-state index in [9.17, 15) is 4.79 Å². The lowest BCUT2D eigenvalue weighted by molar-refractivity contribution is 0.0940. The van der Waals surface area contributed by atoms with Crippen LogP contribution < -0.4 is 15.5 Å². The average Bonchev–Trinajstić information content (AvgIpc) is 3.66. The Kier molecular flexibility index (Phi) is 6.26. The zero-order valence-corrected chi connectivity index (χ0v) is 20.7. The molecule has 0 radical (unpaired) electrons. The highest BCUT2D eigenvalue weighted by molar-refractivity contribution is 6.08. The Morgan fingerprint density at radius 3 is 2.76 bits per heavy atom. The van der Waals surface area contributed by atoms with Gasteiger partial charge < -0.3 is 15.5 Å².